The second kappa shape index (κ2) is 5.77. The van der Waals surface area contributed by atoms with Crippen molar-refractivity contribution in [2.75, 3.05) is 5.32 Å². The van der Waals surface area contributed by atoms with Crippen LogP contribution >= 0.6 is 31.9 Å². The van der Waals surface area contributed by atoms with Crippen LogP contribution in [0.25, 0.3) is 0 Å². The quantitative estimate of drug-likeness (QED) is 0.670. The molecule has 0 aliphatic rings. The summed E-state index contributed by atoms with van der Waals surface area (Å²) in [6.07, 6.45) is 1.63. The molecule has 88 valence electrons. The molecular weight excluding hydrogens is 336 g/mol. The number of anilines is 1. The first-order chi connectivity index (χ1) is 7.41. The third-order valence-corrected chi connectivity index (χ3v) is 4.42. The van der Waals surface area contributed by atoms with Crippen LogP contribution in [0.1, 0.15) is 19.4 Å². The van der Waals surface area contributed by atoms with Crippen molar-refractivity contribution in [3.8, 4) is 0 Å². The van der Waals surface area contributed by atoms with Gasteiger partial charge in [0.05, 0.1) is 16.7 Å². The Hall–Kier alpha value is -0.420. The lowest BCUT2D eigenvalue weighted by molar-refractivity contribution is -0.116. The molecule has 0 saturated carbocycles. The maximum absolute atomic E-state index is 11.8. The normalized spacial score (nSPS) is 12.6. The van der Waals surface area contributed by atoms with Gasteiger partial charge < -0.3 is 5.32 Å². The number of amides is 1. The summed E-state index contributed by atoms with van der Waals surface area (Å²) in [5, 5.41) is 2.82. The van der Waals surface area contributed by atoms with Gasteiger partial charge in [0.15, 0.2) is 0 Å². The minimum absolute atomic E-state index is 0.0430. The van der Waals surface area contributed by atoms with E-state index in [0.717, 1.165) is 15.9 Å². The Balaban J connectivity index is 2.74. The fraction of sp³-hybridized carbons (Fsp3) is 0.455. The van der Waals surface area contributed by atoms with Gasteiger partial charge in [-0.25, -0.2) is 4.98 Å². The number of carbonyl (C=O) groups is 1. The monoisotopic (exact) mass is 348 g/mol. The Kier molecular flexibility index (Phi) is 4.92. The maximum Gasteiger partial charge on any atom is 0.238 e. The van der Waals surface area contributed by atoms with E-state index < -0.39 is 0 Å². The summed E-state index contributed by atoms with van der Waals surface area (Å²) in [6, 6.07) is 1.88. The van der Waals surface area contributed by atoms with Crippen LogP contribution in [0.4, 0.5) is 5.69 Å². The number of aryl methyl sites for hydroxylation is 1. The van der Waals surface area contributed by atoms with Gasteiger partial charge in [0.2, 0.25) is 5.91 Å². The number of nitrogens with one attached hydrogen (secondary N) is 1. The fourth-order valence-corrected chi connectivity index (χ4v) is 1.47. The second-order valence-corrected chi connectivity index (χ2v) is 5.70. The van der Waals surface area contributed by atoms with Gasteiger partial charge in [-0.2, -0.15) is 0 Å². The maximum atomic E-state index is 11.8. The molecule has 1 rings (SSSR count). The van der Waals surface area contributed by atoms with Gasteiger partial charge in [-0.1, -0.05) is 29.8 Å². The Bertz CT molecular complexity index is 394. The van der Waals surface area contributed by atoms with Crippen LogP contribution in [-0.4, -0.2) is 15.7 Å². The summed E-state index contributed by atoms with van der Waals surface area (Å²) in [5.41, 5.74) is 1.71. The van der Waals surface area contributed by atoms with Crippen LogP contribution in [0.15, 0.2) is 16.9 Å². The number of halogens is 2. The first-order valence-electron chi connectivity index (χ1n) is 4.99. The molecule has 0 spiro atoms. The van der Waals surface area contributed by atoms with Gasteiger partial charge in [-0.05, 0) is 40.4 Å². The van der Waals surface area contributed by atoms with E-state index in [0.29, 0.717) is 0 Å². The number of hydrogen-bond donors (Lipinski definition) is 1. The highest BCUT2D eigenvalue weighted by Crippen LogP contribution is 2.19. The minimum atomic E-state index is -0.184. The Morgan fingerprint density at radius 2 is 2.12 bits per heavy atom. The molecule has 1 aromatic rings. The Morgan fingerprint density at radius 1 is 1.50 bits per heavy atom. The molecule has 0 aliphatic heterocycles. The van der Waals surface area contributed by atoms with Crippen molar-refractivity contribution in [1.82, 2.24) is 4.98 Å². The van der Waals surface area contributed by atoms with Crippen molar-refractivity contribution >= 4 is 43.5 Å². The number of hydrogen-bond acceptors (Lipinski definition) is 2. The van der Waals surface area contributed by atoms with Crippen LogP contribution in [-0.2, 0) is 4.79 Å². The SMILES string of the molecule is Cc1cc(NC(=O)C(Br)C(C)C)cnc1Br. The number of carbonyl (C=O) groups excluding carboxylic acids is 1. The van der Waals surface area contributed by atoms with E-state index in [9.17, 15) is 4.79 Å². The predicted molar refractivity (Wildman–Crippen MR) is 72.9 cm³/mol. The van der Waals surface area contributed by atoms with E-state index >= 15 is 0 Å². The molecule has 1 heterocycles. The number of nitrogens with zero attached hydrogens (tertiary/aromatic N) is 1. The van der Waals surface area contributed by atoms with Crippen LogP contribution in [0, 0.1) is 12.8 Å². The molecule has 0 bridgehead atoms. The summed E-state index contributed by atoms with van der Waals surface area (Å²) in [4.78, 5) is 15.7. The highest BCUT2D eigenvalue weighted by molar-refractivity contribution is 9.10. The van der Waals surface area contributed by atoms with Gasteiger partial charge in [0.25, 0.3) is 0 Å². The van der Waals surface area contributed by atoms with Gasteiger partial charge >= 0.3 is 0 Å². The summed E-state index contributed by atoms with van der Waals surface area (Å²) in [6.45, 7) is 5.91. The summed E-state index contributed by atoms with van der Waals surface area (Å²) in [5.74, 6) is 0.211. The van der Waals surface area contributed by atoms with Gasteiger partial charge in [0, 0.05) is 0 Å². The predicted octanol–water partition coefficient (Wildman–Crippen LogP) is 3.51. The van der Waals surface area contributed by atoms with E-state index in [1.54, 1.807) is 6.20 Å². The summed E-state index contributed by atoms with van der Waals surface area (Å²) in [7, 11) is 0. The highest BCUT2D eigenvalue weighted by Gasteiger charge is 2.18. The van der Waals surface area contributed by atoms with Crippen molar-refractivity contribution < 1.29 is 4.79 Å². The van der Waals surface area contributed by atoms with E-state index in [1.165, 1.54) is 0 Å². The lowest BCUT2D eigenvalue weighted by Crippen LogP contribution is -2.27. The Morgan fingerprint density at radius 3 is 2.62 bits per heavy atom. The molecule has 1 amide bonds. The lowest BCUT2D eigenvalue weighted by atomic mass is 10.1. The van der Waals surface area contributed by atoms with Crippen molar-refractivity contribution in [3.05, 3.63) is 22.4 Å². The van der Waals surface area contributed by atoms with Crippen LogP contribution in [0.2, 0.25) is 0 Å². The zero-order valence-electron chi connectivity index (χ0n) is 9.42. The number of rotatable bonds is 3. The van der Waals surface area contributed by atoms with E-state index in [1.807, 2.05) is 26.8 Å². The third-order valence-electron chi connectivity index (χ3n) is 2.12. The van der Waals surface area contributed by atoms with Crippen molar-refractivity contribution in [2.45, 2.75) is 25.6 Å². The number of aromatic nitrogens is 1. The van der Waals surface area contributed by atoms with E-state index in [4.69, 9.17) is 0 Å². The average Bonchev–Trinajstić information content (AvgIpc) is 2.22. The third kappa shape index (κ3) is 3.56. The zero-order valence-corrected chi connectivity index (χ0v) is 12.6. The molecule has 1 N–H and O–H groups in total. The minimum Gasteiger partial charge on any atom is -0.324 e. The van der Waals surface area contributed by atoms with Gasteiger partial charge in [-0.3, -0.25) is 4.79 Å². The van der Waals surface area contributed by atoms with Crippen LogP contribution < -0.4 is 5.32 Å². The number of pyridine rings is 1. The highest BCUT2D eigenvalue weighted by atomic mass is 79.9. The molecule has 1 unspecified atom stereocenters. The first-order valence-corrected chi connectivity index (χ1v) is 6.69. The zero-order chi connectivity index (χ0) is 12.3. The second-order valence-electron chi connectivity index (χ2n) is 3.97. The molecule has 0 radical (unpaired) electrons. The topological polar surface area (TPSA) is 42.0 Å². The average molecular weight is 350 g/mol. The lowest BCUT2D eigenvalue weighted by Gasteiger charge is -2.13. The molecule has 0 fully saturated rings. The largest absolute Gasteiger partial charge is 0.324 e. The van der Waals surface area contributed by atoms with Gasteiger partial charge in [-0.15, -0.1) is 0 Å². The van der Waals surface area contributed by atoms with Gasteiger partial charge in [0.1, 0.15) is 4.60 Å². The fourth-order valence-electron chi connectivity index (χ4n) is 1.14. The smallest absolute Gasteiger partial charge is 0.238 e. The van der Waals surface area contributed by atoms with Crippen LogP contribution in [0.5, 0.6) is 0 Å². The number of alkyl halides is 1. The molecule has 1 aromatic heterocycles. The standard InChI is InChI=1S/C11H14Br2N2O/c1-6(2)9(12)11(16)15-8-4-7(3)10(13)14-5-8/h4-6,9H,1-3H3,(H,15,16). The Labute approximate surface area is 112 Å². The molecule has 3 nitrogen and oxygen atoms in total. The molecular formula is C11H14Br2N2O. The first kappa shape index (κ1) is 13.6. The van der Waals surface area contributed by atoms with Crippen molar-refractivity contribution in [3.63, 3.8) is 0 Å². The van der Waals surface area contributed by atoms with Crippen LogP contribution in [0.3, 0.4) is 0 Å². The molecule has 0 aromatic carbocycles. The molecule has 0 aliphatic carbocycles. The molecule has 16 heavy (non-hydrogen) atoms. The molecule has 5 heteroatoms. The molecule has 1 atom stereocenters. The molecule has 0 saturated heterocycles. The summed E-state index contributed by atoms with van der Waals surface area (Å²) >= 11 is 6.67. The van der Waals surface area contributed by atoms with Crippen molar-refractivity contribution in [2.24, 2.45) is 5.92 Å². The van der Waals surface area contributed by atoms with E-state index in [2.05, 4.69) is 42.2 Å². The van der Waals surface area contributed by atoms with Crippen molar-refractivity contribution in [1.29, 1.82) is 0 Å². The van der Waals surface area contributed by atoms with E-state index in [-0.39, 0.29) is 16.7 Å². The summed E-state index contributed by atoms with van der Waals surface area (Å²) < 4.78 is 0.796.